The van der Waals surface area contributed by atoms with E-state index in [0.717, 1.165) is 12.8 Å². The highest BCUT2D eigenvalue weighted by Crippen LogP contribution is 2.42. The highest BCUT2D eigenvalue weighted by atomic mass is 19.1. The maximum atomic E-state index is 13.8. The van der Waals surface area contributed by atoms with E-state index in [9.17, 15) is 32.7 Å². The fraction of sp³-hybridized carbons (Fsp3) is 0.381. The van der Waals surface area contributed by atoms with Crippen molar-refractivity contribution < 1.29 is 32.6 Å². The van der Waals surface area contributed by atoms with Gasteiger partial charge in [-0.1, -0.05) is 0 Å². The van der Waals surface area contributed by atoms with Crippen LogP contribution in [0.5, 0.6) is 5.75 Å². The van der Waals surface area contributed by atoms with E-state index in [-0.39, 0.29) is 11.7 Å². The first kappa shape index (κ1) is 20.6. The zero-order valence-electron chi connectivity index (χ0n) is 16.6. The molecule has 2 aromatic rings. The van der Waals surface area contributed by atoms with Crippen LogP contribution in [-0.2, 0) is 11.3 Å². The number of hydrogen-bond acceptors (Lipinski definition) is 5. The van der Waals surface area contributed by atoms with Crippen molar-refractivity contribution in [2.75, 3.05) is 6.61 Å². The van der Waals surface area contributed by atoms with Crippen LogP contribution in [-0.4, -0.2) is 45.3 Å². The molecule has 3 aliphatic rings. The smallest absolute Gasteiger partial charge is 0.276 e. The number of carbonyl (C=O) groups excluding carboxylic acids is 2. The summed E-state index contributed by atoms with van der Waals surface area (Å²) in [6.45, 7) is -0.287. The Hall–Kier alpha value is -3.34. The number of ether oxygens (including phenoxy) is 1. The van der Waals surface area contributed by atoms with Crippen LogP contribution in [0.15, 0.2) is 23.1 Å². The topological polar surface area (TPSA) is 101 Å². The fourth-order valence-electron chi connectivity index (χ4n) is 4.33. The second kappa shape index (κ2) is 7.37. The summed E-state index contributed by atoms with van der Waals surface area (Å²) in [6, 6.07) is 0.539. The maximum absolute atomic E-state index is 13.8. The van der Waals surface area contributed by atoms with Crippen LogP contribution >= 0.6 is 0 Å². The molecule has 2 fully saturated rings. The average molecular weight is 449 g/mol. The molecular formula is C21H18F3N3O5. The quantitative estimate of drug-likeness (QED) is 0.742. The standard InChI is InChI=1S/C21H18F3N3O5/c22-9-5-13(23)11(14(24)6-9)7-25-19(30)12-8-26-15-3-4-32-21(15)27(10-1-2-10)20(31)16(26)18(29)17(12)28/h5-6,8,10,15,21,29H,1-4,7H2,(H,25,30). The van der Waals surface area contributed by atoms with Gasteiger partial charge in [0.05, 0.1) is 12.6 Å². The molecule has 0 bridgehead atoms. The van der Waals surface area contributed by atoms with Gasteiger partial charge in [-0.05, 0) is 19.3 Å². The Morgan fingerprint density at radius 3 is 2.50 bits per heavy atom. The van der Waals surface area contributed by atoms with E-state index < -0.39 is 70.4 Å². The van der Waals surface area contributed by atoms with E-state index in [0.29, 0.717) is 25.2 Å². The lowest BCUT2D eigenvalue weighted by Crippen LogP contribution is -2.51. The molecule has 5 rings (SSSR count). The summed E-state index contributed by atoms with van der Waals surface area (Å²) in [7, 11) is 0. The number of benzene rings is 1. The van der Waals surface area contributed by atoms with Crippen molar-refractivity contribution in [2.45, 2.75) is 44.1 Å². The van der Waals surface area contributed by atoms with Crippen LogP contribution in [0.1, 0.15) is 51.7 Å². The van der Waals surface area contributed by atoms with Crippen LogP contribution in [0.25, 0.3) is 0 Å². The molecule has 2 amide bonds. The third-order valence-corrected chi connectivity index (χ3v) is 6.03. The Morgan fingerprint density at radius 2 is 1.84 bits per heavy atom. The van der Waals surface area contributed by atoms with Crippen molar-refractivity contribution in [3.8, 4) is 5.75 Å². The number of hydrogen-bond donors (Lipinski definition) is 2. The van der Waals surface area contributed by atoms with E-state index in [1.54, 1.807) is 4.90 Å². The lowest BCUT2D eigenvalue weighted by Gasteiger charge is -2.39. The van der Waals surface area contributed by atoms with Crippen molar-refractivity contribution in [2.24, 2.45) is 0 Å². The maximum Gasteiger partial charge on any atom is 0.276 e. The Morgan fingerprint density at radius 1 is 1.16 bits per heavy atom. The molecule has 11 heteroatoms. The number of amides is 2. The SMILES string of the molecule is O=C(NCc1c(F)cc(F)cc1F)c1cn2c(c(O)c1=O)C(=O)N(C1CC1)C1OCCC12. The van der Waals surface area contributed by atoms with E-state index in [1.807, 2.05) is 0 Å². The monoisotopic (exact) mass is 449 g/mol. The lowest BCUT2D eigenvalue weighted by atomic mass is 10.0. The Labute approximate surface area is 179 Å². The van der Waals surface area contributed by atoms with Crippen LogP contribution in [0, 0.1) is 17.5 Å². The van der Waals surface area contributed by atoms with E-state index in [4.69, 9.17) is 4.74 Å². The van der Waals surface area contributed by atoms with Gasteiger partial charge in [0.15, 0.2) is 17.7 Å². The minimum absolute atomic E-state index is 0.0140. The van der Waals surface area contributed by atoms with E-state index in [2.05, 4.69) is 5.32 Å². The van der Waals surface area contributed by atoms with Crippen molar-refractivity contribution in [3.05, 3.63) is 62.8 Å². The summed E-state index contributed by atoms with van der Waals surface area (Å²) < 4.78 is 47.8. The number of aromatic hydroxyl groups is 1. The molecule has 1 saturated heterocycles. The minimum atomic E-state index is -1.19. The van der Waals surface area contributed by atoms with Crippen molar-refractivity contribution in [1.29, 1.82) is 0 Å². The van der Waals surface area contributed by atoms with Gasteiger partial charge in [-0.2, -0.15) is 0 Å². The van der Waals surface area contributed by atoms with Gasteiger partial charge in [-0.15, -0.1) is 0 Å². The molecule has 2 N–H and O–H groups in total. The number of aromatic nitrogens is 1. The third kappa shape index (κ3) is 3.15. The number of rotatable bonds is 4. The molecule has 1 saturated carbocycles. The molecule has 0 radical (unpaired) electrons. The van der Waals surface area contributed by atoms with Gasteiger partial charge in [-0.25, -0.2) is 13.2 Å². The molecule has 32 heavy (non-hydrogen) atoms. The minimum Gasteiger partial charge on any atom is -0.503 e. The lowest BCUT2D eigenvalue weighted by molar-refractivity contribution is -0.0387. The normalized spacial score (nSPS) is 22.0. The highest BCUT2D eigenvalue weighted by Gasteiger charge is 2.50. The number of halogens is 3. The molecule has 0 spiro atoms. The zero-order chi connectivity index (χ0) is 22.7. The summed E-state index contributed by atoms with van der Waals surface area (Å²) in [5, 5.41) is 12.7. The van der Waals surface area contributed by atoms with Gasteiger partial charge >= 0.3 is 0 Å². The van der Waals surface area contributed by atoms with Crippen LogP contribution in [0.2, 0.25) is 0 Å². The van der Waals surface area contributed by atoms with Gasteiger partial charge in [0.2, 0.25) is 5.43 Å². The largest absolute Gasteiger partial charge is 0.503 e. The molecule has 2 unspecified atom stereocenters. The first-order chi connectivity index (χ1) is 15.3. The molecule has 3 heterocycles. The van der Waals surface area contributed by atoms with Crippen LogP contribution < -0.4 is 10.7 Å². The molecule has 1 aromatic carbocycles. The zero-order valence-corrected chi connectivity index (χ0v) is 16.6. The molecule has 1 aliphatic carbocycles. The van der Waals surface area contributed by atoms with Crippen molar-refractivity contribution >= 4 is 11.8 Å². The predicted molar refractivity (Wildman–Crippen MR) is 102 cm³/mol. The molecule has 2 aliphatic heterocycles. The summed E-state index contributed by atoms with van der Waals surface area (Å²) in [4.78, 5) is 39.9. The number of nitrogens with one attached hydrogen (secondary N) is 1. The fourth-order valence-corrected chi connectivity index (χ4v) is 4.33. The predicted octanol–water partition coefficient (Wildman–Crippen LogP) is 1.81. The van der Waals surface area contributed by atoms with Gasteiger partial charge in [-0.3, -0.25) is 14.4 Å². The molecule has 1 aromatic heterocycles. The number of carbonyl (C=O) groups is 2. The average Bonchev–Trinajstić information content (AvgIpc) is 3.44. The summed E-state index contributed by atoms with van der Waals surface area (Å²) >= 11 is 0. The second-order valence-electron chi connectivity index (χ2n) is 8.07. The summed E-state index contributed by atoms with van der Waals surface area (Å²) in [5.41, 5.74) is -2.36. The third-order valence-electron chi connectivity index (χ3n) is 6.03. The number of nitrogens with zero attached hydrogens (tertiary/aromatic N) is 2. The first-order valence-electron chi connectivity index (χ1n) is 10.1. The second-order valence-corrected chi connectivity index (χ2v) is 8.07. The Kier molecular flexibility index (Phi) is 4.73. The van der Waals surface area contributed by atoms with Crippen molar-refractivity contribution in [1.82, 2.24) is 14.8 Å². The molecular weight excluding hydrogens is 431 g/mol. The van der Waals surface area contributed by atoms with Gasteiger partial charge in [0.1, 0.15) is 23.0 Å². The van der Waals surface area contributed by atoms with Crippen LogP contribution in [0.3, 0.4) is 0 Å². The Bertz CT molecular complexity index is 1190. The first-order valence-corrected chi connectivity index (χ1v) is 10.1. The summed E-state index contributed by atoms with van der Waals surface area (Å²) in [6.07, 6.45) is 2.71. The number of fused-ring (bicyclic) bond motifs is 3. The van der Waals surface area contributed by atoms with Gasteiger partial charge < -0.3 is 24.6 Å². The summed E-state index contributed by atoms with van der Waals surface area (Å²) in [5.74, 6) is -5.90. The Balaban J connectivity index is 1.48. The van der Waals surface area contributed by atoms with E-state index in [1.165, 1.54) is 10.8 Å². The van der Waals surface area contributed by atoms with Gasteiger partial charge in [0.25, 0.3) is 11.8 Å². The number of pyridine rings is 1. The van der Waals surface area contributed by atoms with Crippen LogP contribution in [0.4, 0.5) is 13.2 Å². The molecule has 168 valence electrons. The van der Waals surface area contributed by atoms with Crippen molar-refractivity contribution in [3.63, 3.8) is 0 Å². The highest BCUT2D eigenvalue weighted by molar-refractivity contribution is 5.99. The molecule has 2 atom stereocenters. The molecule has 8 nitrogen and oxygen atoms in total. The van der Waals surface area contributed by atoms with Gasteiger partial charge in [0, 0.05) is 36.5 Å². The van der Waals surface area contributed by atoms with E-state index >= 15 is 0 Å².